The Kier molecular flexibility index (Phi) is 4.50. The van der Waals surface area contributed by atoms with Crippen molar-refractivity contribution in [3.05, 3.63) is 35.9 Å². The number of aromatic nitrogens is 3. The van der Waals surface area contributed by atoms with Crippen LogP contribution in [0.3, 0.4) is 0 Å². The number of nitrogens with zero attached hydrogens (tertiary/aromatic N) is 3. The van der Waals surface area contributed by atoms with Crippen LogP contribution in [0.2, 0.25) is 0 Å². The molecule has 0 saturated heterocycles. The third kappa shape index (κ3) is 3.11. The zero-order valence-corrected chi connectivity index (χ0v) is 12.3. The van der Waals surface area contributed by atoms with Crippen LogP contribution in [0.4, 0.5) is 0 Å². The van der Waals surface area contributed by atoms with Gasteiger partial charge in [0.15, 0.2) is 11.0 Å². The second-order valence-corrected chi connectivity index (χ2v) is 5.35. The molecule has 0 N–H and O–H groups in total. The molecule has 19 heavy (non-hydrogen) atoms. The van der Waals surface area contributed by atoms with E-state index in [-0.39, 0.29) is 0 Å². The molecule has 0 bridgehead atoms. The van der Waals surface area contributed by atoms with Crippen LogP contribution in [-0.4, -0.2) is 27.6 Å². The van der Waals surface area contributed by atoms with Crippen molar-refractivity contribution in [1.29, 1.82) is 0 Å². The van der Waals surface area contributed by atoms with Crippen molar-refractivity contribution in [2.75, 3.05) is 12.9 Å². The van der Waals surface area contributed by atoms with Gasteiger partial charge in [-0.05, 0) is 12.1 Å². The quantitative estimate of drug-likeness (QED) is 0.793. The first kappa shape index (κ1) is 14.0. The molecular formula is C13H14ClN3OS. The summed E-state index contributed by atoms with van der Waals surface area (Å²) in [6.45, 7) is 3.66. The molecule has 6 heteroatoms. The van der Waals surface area contributed by atoms with E-state index in [1.54, 1.807) is 7.11 Å². The van der Waals surface area contributed by atoms with Gasteiger partial charge in [-0.25, -0.2) is 0 Å². The molecule has 100 valence electrons. The number of thioether (sulfide) groups is 1. The van der Waals surface area contributed by atoms with E-state index in [0.29, 0.717) is 10.8 Å². The Bertz CT molecular complexity index is 597. The van der Waals surface area contributed by atoms with Gasteiger partial charge in [0.2, 0.25) is 0 Å². The zero-order chi connectivity index (χ0) is 13.8. The molecule has 2 rings (SSSR count). The Morgan fingerprint density at radius 2 is 2.16 bits per heavy atom. The third-order valence-electron chi connectivity index (χ3n) is 2.54. The maximum Gasteiger partial charge on any atom is 0.191 e. The molecule has 1 heterocycles. The summed E-state index contributed by atoms with van der Waals surface area (Å²) in [6.07, 6.45) is 0. The Hall–Kier alpha value is -1.46. The topological polar surface area (TPSA) is 39.9 Å². The van der Waals surface area contributed by atoms with Gasteiger partial charge in [0.1, 0.15) is 5.75 Å². The van der Waals surface area contributed by atoms with E-state index >= 15 is 0 Å². The first-order valence-corrected chi connectivity index (χ1v) is 6.98. The van der Waals surface area contributed by atoms with Crippen molar-refractivity contribution in [3.8, 4) is 17.1 Å². The summed E-state index contributed by atoms with van der Waals surface area (Å²) in [6, 6.07) is 7.72. The molecule has 0 radical (unpaired) electrons. The average Bonchev–Trinajstić information content (AvgIpc) is 2.77. The van der Waals surface area contributed by atoms with Crippen LogP contribution in [0.5, 0.6) is 5.75 Å². The smallest absolute Gasteiger partial charge is 0.191 e. The summed E-state index contributed by atoms with van der Waals surface area (Å²) >= 11 is 7.26. The number of hydrogen-bond donors (Lipinski definition) is 0. The molecule has 0 amide bonds. The van der Waals surface area contributed by atoms with Crippen LogP contribution < -0.4 is 4.74 Å². The molecule has 1 aromatic heterocycles. The van der Waals surface area contributed by atoms with Gasteiger partial charge in [-0.15, -0.1) is 10.2 Å². The van der Waals surface area contributed by atoms with Crippen LogP contribution in [0.25, 0.3) is 11.4 Å². The first-order chi connectivity index (χ1) is 9.13. The molecular weight excluding hydrogens is 282 g/mol. The minimum absolute atomic E-state index is 0.590. The molecule has 0 atom stereocenters. The van der Waals surface area contributed by atoms with Crippen molar-refractivity contribution < 1.29 is 4.74 Å². The zero-order valence-electron chi connectivity index (χ0n) is 10.8. The van der Waals surface area contributed by atoms with E-state index in [0.717, 1.165) is 22.3 Å². The van der Waals surface area contributed by atoms with E-state index in [4.69, 9.17) is 16.3 Å². The lowest BCUT2D eigenvalue weighted by molar-refractivity contribution is 0.416. The Morgan fingerprint density at radius 3 is 2.84 bits per heavy atom. The lowest BCUT2D eigenvalue weighted by Crippen LogP contribution is -1.97. The highest BCUT2D eigenvalue weighted by molar-refractivity contribution is 7.99. The molecule has 0 aliphatic carbocycles. The molecule has 0 unspecified atom stereocenters. The van der Waals surface area contributed by atoms with Gasteiger partial charge in [-0.1, -0.05) is 42.1 Å². The molecule has 0 fully saturated rings. The summed E-state index contributed by atoms with van der Waals surface area (Å²) in [5, 5.41) is 9.76. The van der Waals surface area contributed by atoms with Gasteiger partial charge in [-0.3, -0.25) is 0 Å². The predicted molar refractivity (Wildman–Crippen MR) is 78.7 cm³/mol. The molecule has 2 aromatic rings. The lowest BCUT2D eigenvalue weighted by Gasteiger charge is -2.07. The van der Waals surface area contributed by atoms with Gasteiger partial charge in [0, 0.05) is 17.8 Å². The van der Waals surface area contributed by atoms with E-state index in [9.17, 15) is 0 Å². The van der Waals surface area contributed by atoms with Crippen molar-refractivity contribution in [1.82, 2.24) is 14.8 Å². The van der Waals surface area contributed by atoms with Gasteiger partial charge >= 0.3 is 0 Å². The largest absolute Gasteiger partial charge is 0.496 e. The highest BCUT2D eigenvalue weighted by Gasteiger charge is 2.14. The van der Waals surface area contributed by atoms with Crippen molar-refractivity contribution >= 4 is 23.4 Å². The standard InChI is InChI=1S/C13H14ClN3OS/c1-9(14)8-19-13-16-15-12(17(13)2)10-6-4-5-7-11(10)18-3/h4-7H,1,8H2,2-3H3. The maximum absolute atomic E-state index is 5.76. The van der Waals surface area contributed by atoms with Crippen molar-refractivity contribution in [3.63, 3.8) is 0 Å². The van der Waals surface area contributed by atoms with E-state index in [1.165, 1.54) is 11.8 Å². The lowest BCUT2D eigenvalue weighted by atomic mass is 10.2. The summed E-state index contributed by atoms with van der Waals surface area (Å²) in [4.78, 5) is 0. The maximum atomic E-state index is 5.76. The summed E-state index contributed by atoms with van der Waals surface area (Å²) in [5.74, 6) is 2.15. The van der Waals surface area contributed by atoms with Crippen molar-refractivity contribution in [2.45, 2.75) is 5.16 Å². The number of rotatable bonds is 5. The van der Waals surface area contributed by atoms with Gasteiger partial charge in [0.25, 0.3) is 0 Å². The monoisotopic (exact) mass is 295 g/mol. The predicted octanol–water partition coefficient (Wildman–Crippen LogP) is 3.34. The second kappa shape index (κ2) is 6.12. The minimum atomic E-state index is 0.590. The van der Waals surface area contributed by atoms with E-state index < -0.39 is 0 Å². The fourth-order valence-corrected chi connectivity index (χ4v) is 2.48. The van der Waals surface area contributed by atoms with Crippen LogP contribution in [0.15, 0.2) is 41.0 Å². The highest BCUT2D eigenvalue weighted by Crippen LogP contribution is 2.30. The third-order valence-corrected chi connectivity index (χ3v) is 3.94. The molecule has 0 aliphatic heterocycles. The Morgan fingerprint density at radius 1 is 1.42 bits per heavy atom. The van der Waals surface area contributed by atoms with Crippen LogP contribution >= 0.6 is 23.4 Å². The average molecular weight is 296 g/mol. The fraction of sp³-hybridized carbons (Fsp3) is 0.231. The normalized spacial score (nSPS) is 10.5. The molecule has 1 aromatic carbocycles. The van der Waals surface area contributed by atoms with Gasteiger partial charge < -0.3 is 9.30 Å². The Balaban J connectivity index is 2.33. The van der Waals surface area contributed by atoms with Crippen LogP contribution in [0.1, 0.15) is 0 Å². The van der Waals surface area contributed by atoms with E-state index in [1.807, 2.05) is 35.9 Å². The number of para-hydroxylation sites is 1. The summed E-state index contributed by atoms with van der Waals surface area (Å²) in [5.41, 5.74) is 0.913. The Labute approximate surface area is 121 Å². The number of benzene rings is 1. The van der Waals surface area contributed by atoms with Crippen molar-refractivity contribution in [2.24, 2.45) is 7.05 Å². The van der Waals surface area contributed by atoms with E-state index in [2.05, 4.69) is 16.8 Å². The number of hydrogen-bond acceptors (Lipinski definition) is 4. The SMILES string of the molecule is C=C(Cl)CSc1nnc(-c2ccccc2OC)n1C. The van der Waals surface area contributed by atoms with Crippen LogP contribution in [0, 0.1) is 0 Å². The van der Waals surface area contributed by atoms with Gasteiger partial charge in [0.05, 0.1) is 12.7 Å². The summed E-state index contributed by atoms with van der Waals surface area (Å²) < 4.78 is 7.26. The number of halogens is 1. The molecule has 4 nitrogen and oxygen atoms in total. The summed E-state index contributed by atoms with van der Waals surface area (Å²) in [7, 11) is 3.56. The first-order valence-electron chi connectivity index (χ1n) is 5.62. The molecule has 0 spiro atoms. The molecule has 0 aliphatic rings. The second-order valence-electron chi connectivity index (χ2n) is 3.87. The number of ether oxygens (including phenoxy) is 1. The van der Waals surface area contributed by atoms with Gasteiger partial charge in [-0.2, -0.15) is 0 Å². The fourth-order valence-electron chi connectivity index (χ4n) is 1.65. The van der Waals surface area contributed by atoms with Crippen LogP contribution in [-0.2, 0) is 7.05 Å². The highest BCUT2D eigenvalue weighted by atomic mass is 35.5. The molecule has 0 saturated carbocycles. The minimum Gasteiger partial charge on any atom is -0.496 e. The number of methoxy groups -OCH3 is 1.